The van der Waals surface area contributed by atoms with Crippen molar-refractivity contribution in [2.75, 3.05) is 13.2 Å². The molecule has 0 saturated heterocycles. The minimum atomic E-state index is -5.12. The highest BCUT2D eigenvalue weighted by Crippen LogP contribution is 2.47. The number of phosphoric acid groups is 1. The Balaban J connectivity index is 2.35. The summed E-state index contributed by atoms with van der Waals surface area (Å²) in [6.45, 7) is 3.17. The summed E-state index contributed by atoms with van der Waals surface area (Å²) in [6, 6.07) is 0. The number of aliphatic hydroxyl groups is 5. The lowest BCUT2D eigenvalue weighted by Gasteiger charge is -2.41. The molecule has 7 unspecified atom stereocenters. The van der Waals surface area contributed by atoms with Gasteiger partial charge in [-0.25, -0.2) is 4.57 Å². The number of hydrogen-bond acceptors (Lipinski definition) is 12. The average molecular weight is 931 g/mol. The van der Waals surface area contributed by atoms with E-state index in [1.807, 2.05) is 24.3 Å². The highest BCUT2D eigenvalue weighted by Gasteiger charge is 2.51. The van der Waals surface area contributed by atoms with Gasteiger partial charge in [0.05, 0.1) is 6.61 Å². The summed E-state index contributed by atoms with van der Waals surface area (Å²) in [7, 11) is -5.12. The van der Waals surface area contributed by atoms with Crippen LogP contribution in [0.4, 0.5) is 0 Å². The Morgan fingerprint density at radius 1 is 0.500 bits per heavy atom. The number of esters is 2. The third kappa shape index (κ3) is 31.9. The van der Waals surface area contributed by atoms with Gasteiger partial charge in [0.2, 0.25) is 0 Å². The second-order valence-corrected chi connectivity index (χ2v) is 19.1. The van der Waals surface area contributed by atoms with Crippen molar-refractivity contribution >= 4 is 19.8 Å². The van der Waals surface area contributed by atoms with Gasteiger partial charge in [-0.1, -0.05) is 204 Å². The molecule has 0 radical (unpaired) electrons. The molecule has 1 saturated carbocycles. The van der Waals surface area contributed by atoms with Crippen molar-refractivity contribution in [2.45, 2.75) is 256 Å². The van der Waals surface area contributed by atoms with Crippen LogP contribution < -0.4 is 0 Å². The van der Waals surface area contributed by atoms with Gasteiger partial charge >= 0.3 is 19.8 Å². The number of carbonyl (C=O) groups excluding carboxylic acids is 2. The van der Waals surface area contributed by atoms with Gasteiger partial charge in [-0.3, -0.25) is 18.6 Å². The van der Waals surface area contributed by atoms with Crippen molar-refractivity contribution in [3.8, 4) is 0 Å². The fourth-order valence-corrected chi connectivity index (χ4v) is 8.73. The Hall–Kier alpha value is -1.93. The van der Waals surface area contributed by atoms with Gasteiger partial charge in [-0.05, 0) is 32.1 Å². The van der Waals surface area contributed by atoms with Crippen LogP contribution in [-0.4, -0.2) is 98.3 Å². The number of aliphatic hydroxyl groups excluding tert-OH is 5. The molecular formula is C50H91O13P. The van der Waals surface area contributed by atoms with E-state index in [4.69, 9.17) is 18.5 Å². The van der Waals surface area contributed by atoms with Gasteiger partial charge in [0, 0.05) is 12.8 Å². The van der Waals surface area contributed by atoms with Crippen molar-refractivity contribution < 1.29 is 63.1 Å². The smallest absolute Gasteiger partial charge is 0.462 e. The first-order chi connectivity index (χ1) is 30.9. The number of rotatable bonds is 42. The molecule has 374 valence electrons. The Morgan fingerprint density at radius 3 is 1.34 bits per heavy atom. The van der Waals surface area contributed by atoms with Gasteiger partial charge in [-0.2, -0.15) is 0 Å². The van der Waals surface area contributed by atoms with Crippen LogP contribution in [0.5, 0.6) is 0 Å². The zero-order valence-electron chi connectivity index (χ0n) is 39.8. The van der Waals surface area contributed by atoms with Crippen LogP contribution in [0.2, 0.25) is 0 Å². The number of hydrogen-bond donors (Lipinski definition) is 6. The molecule has 1 aliphatic rings. The van der Waals surface area contributed by atoms with E-state index >= 15 is 0 Å². The molecular weight excluding hydrogens is 840 g/mol. The lowest BCUT2D eigenvalue weighted by Crippen LogP contribution is -2.64. The predicted octanol–water partition coefficient (Wildman–Crippen LogP) is 10.6. The van der Waals surface area contributed by atoms with E-state index in [-0.39, 0.29) is 12.8 Å². The largest absolute Gasteiger partial charge is 0.472 e. The zero-order valence-corrected chi connectivity index (χ0v) is 40.7. The molecule has 0 bridgehead atoms. The third-order valence-electron chi connectivity index (χ3n) is 11.8. The second kappa shape index (κ2) is 40.2. The standard InChI is InChI=1S/C50H91O13P/c1-3-5-7-9-11-13-15-17-18-19-20-21-22-23-24-25-27-28-30-32-34-36-38-43(51)60-40-42(41-61-64(58,59)63-50-48(56)46(54)45(53)47(55)49(50)57)62-44(52)39-37-35-33-31-29-26-16-14-12-10-8-6-4-2/h6,8,10,12,14,16,42,45-50,53-57H,3-5,7,9,11,13,15,17-41H2,1-2H3,(H,58,59)/b8-6+,12-10+,16-14+/t42?,45?,46-,47?,48?,49?,50?/m0/s1. The van der Waals surface area contributed by atoms with Gasteiger partial charge in [0.15, 0.2) is 6.10 Å². The Morgan fingerprint density at radius 2 is 0.891 bits per heavy atom. The van der Waals surface area contributed by atoms with Crippen molar-refractivity contribution in [2.24, 2.45) is 0 Å². The maximum absolute atomic E-state index is 12.8. The zero-order chi connectivity index (χ0) is 47.1. The van der Waals surface area contributed by atoms with Crippen molar-refractivity contribution in [1.29, 1.82) is 0 Å². The number of ether oxygens (including phenoxy) is 2. The maximum atomic E-state index is 12.8. The Kier molecular flexibility index (Phi) is 37.7. The summed E-state index contributed by atoms with van der Waals surface area (Å²) in [5.74, 6) is -1.12. The molecule has 13 nitrogen and oxygen atoms in total. The molecule has 0 amide bonds. The Labute approximate surface area is 387 Å². The van der Waals surface area contributed by atoms with Crippen molar-refractivity contribution in [3.05, 3.63) is 36.5 Å². The van der Waals surface area contributed by atoms with Gasteiger partial charge in [0.25, 0.3) is 0 Å². The van der Waals surface area contributed by atoms with E-state index in [0.717, 1.165) is 57.8 Å². The molecule has 8 atom stereocenters. The summed E-state index contributed by atoms with van der Waals surface area (Å²) in [5.41, 5.74) is 0. The molecule has 1 aliphatic carbocycles. The topological polar surface area (TPSA) is 210 Å². The highest BCUT2D eigenvalue weighted by atomic mass is 31.2. The molecule has 0 aromatic carbocycles. The minimum absolute atomic E-state index is 0.0751. The number of carbonyl (C=O) groups is 2. The van der Waals surface area contributed by atoms with Crippen LogP contribution in [-0.2, 0) is 32.7 Å². The van der Waals surface area contributed by atoms with Crippen LogP contribution in [0.25, 0.3) is 0 Å². The molecule has 0 aromatic heterocycles. The summed E-state index contributed by atoms with van der Waals surface area (Å²) >= 11 is 0. The monoisotopic (exact) mass is 931 g/mol. The van der Waals surface area contributed by atoms with E-state index < -0.39 is 75.7 Å². The molecule has 1 fully saturated rings. The number of allylic oxidation sites excluding steroid dienone is 6. The van der Waals surface area contributed by atoms with Gasteiger partial charge in [0.1, 0.15) is 43.2 Å². The van der Waals surface area contributed by atoms with Crippen molar-refractivity contribution in [1.82, 2.24) is 0 Å². The molecule has 0 spiro atoms. The summed E-state index contributed by atoms with van der Waals surface area (Å²) < 4.78 is 33.6. The Bertz CT molecular complexity index is 1260. The van der Waals surface area contributed by atoms with Crippen LogP contribution in [0.15, 0.2) is 36.5 Å². The molecule has 0 aliphatic heterocycles. The fourth-order valence-electron chi connectivity index (χ4n) is 7.76. The van der Waals surface area contributed by atoms with E-state index in [2.05, 4.69) is 26.0 Å². The van der Waals surface area contributed by atoms with Crippen LogP contribution >= 0.6 is 7.82 Å². The number of phosphoric ester groups is 1. The van der Waals surface area contributed by atoms with E-state index in [0.29, 0.717) is 12.8 Å². The molecule has 64 heavy (non-hydrogen) atoms. The number of unbranched alkanes of at least 4 members (excludes halogenated alkanes) is 26. The van der Waals surface area contributed by atoms with E-state index in [9.17, 15) is 44.6 Å². The first kappa shape index (κ1) is 60.1. The maximum Gasteiger partial charge on any atom is 0.472 e. The minimum Gasteiger partial charge on any atom is -0.462 e. The highest BCUT2D eigenvalue weighted by molar-refractivity contribution is 7.47. The SMILES string of the molecule is CC/C=C/C=C/C=C/CCCCCCCC(=O)OC(COC(=O)CCCCCCCCCCCCCCCCCCCCCCCC)COP(=O)(O)OC1C(O)C(O)C(O)[C@H](O)C1O. The van der Waals surface area contributed by atoms with Crippen LogP contribution in [0.3, 0.4) is 0 Å². The molecule has 14 heteroatoms. The van der Waals surface area contributed by atoms with Gasteiger partial charge in [-0.15, -0.1) is 0 Å². The molecule has 0 aromatic rings. The molecule has 1 rings (SSSR count). The summed E-state index contributed by atoms with van der Waals surface area (Å²) in [6.07, 6.45) is 33.5. The van der Waals surface area contributed by atoms with E-state index in [1.54, 1.807) is 0 Å². The third-order valence-corrected chi connectivity index (χ3v) is 12.8. The molecule has 0 heterocycles. The summed E-state index contributed by atoms with van der Waals surface area (Å²) in [5, 5.41) is 50.2. The van der Waals surface area contributed by atoms with E-state index in [1.165, 1.54) is 116 Å². The quantitative estimate of drug-likeness (QED) is 0.0146. The first-order valence-corrected chi connectivity index (χ1v) is 26.8. The van der Waals surface area contributed by atoms with Crippen molar-refractivity contribution in [3.63, 3.8) is 0 Å². The fraction of sp³-hybridized carbons (Fsp3) is 0.840. The molecule has 6 N–H and O–H groups in total. The second-order valence-electron chi connectivity index (χ2n) is 17.7. The lowest BCUT2D eigenvalue weighted by atomic mass is 9.85. The van der Waals surface area contributed by atoms with Gasteiger partial charge < -0.3 is 39.9 Å². The predicted molar refractivity (Wildman–Crippen MR) is 253 cm³/mol. The summed E-state index contributed by atoms with van der Waals surface area (Å²) in [4.78, 5) is 35.8. The van der Waals surface area contributed by atoms with Crippen LogP contribution in [0.1, 0.15) is 213 Å². The first-order valence-electron chi connectivity index (χ1n) is 25.3. The average Bonchev–Trinajstić information content (AvgIpc) is 3.28. The lowest BCUT2D eigenvalue weighted by molar-refractivity contribution is -0.220. The normalized spacial score (nSPS) is 21.8. The van der Waals surface area contributed by atoms with Crippen LogP contribution in [0, 0.1) is 0 Å².